The molecule has 2 nitrogen and oxygen atoms in total. The van der Waals surface area contributed by atoms with Crippen LogP contribution < -0.4 is 0 Å². The lowest BCUT2D eigenvalue weighted by atomic mass is 9.93. The van der Waals surface area contributed by atoms with E-state index in [1.54, 1.807) is 12.1 Å². The summed E-state index contributed by atoms with van der Waals surface area (Å²) in [4.78, 5) is 15.2. The number of rotatable bonds is 5. The second kappa shape index (κ2) is 7.99. The zero-order chi connectivity index (χ0) is 18.8. The van der Waals surface area contributed by atoms with Gasteiger partial charge in [0.05, 0.1) is 6.04 Å². The summed E-state index contributed by atoms with van der Waals surface area (Å²) in [6.07, 6.45) is 4.87. The number of thiol groups is 1. The number of hydrogen-bond acceptors (Lipinski definition) is 3. The van der Waals surface area contributed by atoms with E-state index in [2.05, 4.69) is 23.1 Å². The van der Waals surface area contributed by atoms with Crippen LogP contribution in [0.3, 0.4) is 0 Å². The molecule has 1 saturated carbocycles. The minimum absolute atomic E-state index is 0.0879. The molecule has 0 amide bonds. The Labute approximate surface area is 165 Å². The molecule has 1 heterocycles. The molecule has 4 rings (SSSR count). The Balaban J connectivity index is 1.65. The first-order chi connectivity index (χ1) is 13.1. The predicted molar refractivity (Wildman–Crippen MR) is 110 cm³/mol. The third-order valence-electron chi connectivity index (χ3n) is 5.47. The zero-order valence-electron chi connectivity index (χ0n) is 15.2. The van der Waals surface area contributed by atoms with Crippen LogP contribution >= 0.6 is 12.6 Å². The van der Waals surface area contributed by atoms with Crippen LogP contribution in [0, 0.1) is 11.7 Å². The normalized spacial score (nSPS) is 23.3. The van der Waals surface area contributed by atoms with Crippen LogP contribution in [0.4, 0.5) is 4.39 Å². The highest BCUT2D eigenvalue weighted by atomic mass is 32.1. The van der Waals surface area contributed by atoms with Crippen molar-refractivity contribution in [3.05, 3.63) is 77.1 Å². The van der Waals surface area contributed by atoms with Gasteiger partial charge in [-0.05, 0) is 36.5 Å². The summed E-state index contributed by atoms with van der Waals surface area (Å²) in [6.45, 7) is 1.39. The number of piperidine rings is 1. The lowest BCUT2D eigenvalue weighted by Gasteiger charge is -2.37. The van der Waals surface area contributed by atoms with E-state index in [-0.39, 0.29) is 22.8 Å². The summed E-state index contributed by atoms with van der Waals surface area (Å²) in [5, 5.41) is 0.166. The zero-order valence-corrected chi connectivity index (χ0v) is 16.1. The molecule has 27 heavy (non-hydrogen) atoms. The maximum atomic E-state index is 14.6. The summed E-state index contributed by atoms with van der Waals surface area (Å²) >= 11 is 4.75. The van der Waals surface area contributed by atoms with Gasteiger partial charge in [-0.3, -0.25) is 9.69 Å². The highest BCUT2D eigenvalue weighted by Gasteiger charge is 2.40. The third-order valence-corrected chi connectivity index (χ3v) is 6.06. The SMILES string of the molecule is O=C(C1CC1)C(c1ccccc1F)N1CCC(S)/C(=C/c2ccccc2)C1. The van der Waals surface area contributed by atoms with Gasteiger partial charge in [0.15, 0.2) is 5.78 Å². The van der Waals surface area contributed by atoms with Gasteiger partial charge in [-0.15, -0.1) is 0 Å². The minimum Gasteiger partial charge on any atom is -0.297 e. The molecule has 2 unspecified atom stereocenters. The average Bonchev–Trinajstić information content (AvgIpc) is 3.52. The largest absolute Gasteiger partial charge is 0.297 e. The Hall–Kier alpha value is -1.91. The van der Waals surface area contributed by atoms with Crippen molar-refractivity contribution in [2.24, 2.45) is 5.92 Å². The Morgan fingerprint density at radius 2 is 1.78 bits per heavy atom. The van der Waals surface area contributed by atoms with Gasteiger partial charge in [-0.1, -0.05) is 54.6 Å². The molecule has 1 saturated heterocycles. The highest BCUT2D eigenvalue weighted by molar-refractivity contribution is 7.81. The molecule has 2 aliphatic rings. The Morgan fingerprint density at radius 1 is 1.07 bits per heavy atom. The molecule has 2 aromatic carbocycles. The quantitative estimate of drug-likeness (QED) is 0.741. The summed E-state index contributed by atoms with van der Waals surface area (Å²) in [7, 11) is 0. The number of benzene rings is 2. The van der Waals surface area contributed by atoms with Crippen LogP contribution in [-0.2, 0) is 4.79 Å². The Kier molecular flexibility index (Phi) is 5.46. The third kappa shape index (κ3) is 4.17. The monoisotopic (exact) mass is 381 g/mol. The van der Waals surface area contributed by atoms with Crippen molar-refractivity contribution in [2.75, 3.05) is 13.1 Å². The number of ketones is 1. The lowest BCUT2D eigenvalue weighted by Crippen LogP contribution is -2.42. The number of Topliss-reactive ketones (excluding diaryl/α,β-unsaturated/α-hetero) is 1. The summed E-state index contributed by atoms with van der Waals surface area (Å²) in [5.41, 5.74) is 2.82. The van der Waals surface area contributed by atoms with Crippen LogP contribution in [0.15, 0.2) is 60.2 Å². The number of nitrogens with zero attached hydrogens (tertiary/aromatic N) is 1. The molecule has 0 spiro atoms. The first-order valence-corrected chi connectivity index (χ1v) is 10.1. The van der Waals surface area contributed by atoms with Gasteiger partial charge in [0.2, 0.25) is 0 Å². The molecular formula is C23H24FNOS. The molecule has 1 aliphatic carbocycles. The van der Waals surface area contributed by atoms with E-state index >= 15 is 0 Å². The molecule has 0 bridgehead atoms. The lowest BCUT2D eigenvalue weighted by molar-refractivity contribution is -0.126. The molecule has 0 aromatic heterocycles. The van der Waals surface area contributed by atoms with Crippen molar-refractivity contribution in [1.29, 1.82) is 0 Å². The summed E-state index contributed by atoms with van der Waals surface area (Å²) in [6, 6.07) is 16.4. The topological polar surface area (TPSA) is 20.3 Å². The van der Waals surface area contributed by atoms with E-state index in [0.29, 0.717) is 12.1 Å². The predicted octanol–water partition coefficient (Wildman–Crippen LogP) is 4.93. The van der Waals surface area contributed by atoms with E-state index in [9.17, 15) is 9.18 Å². The van der Waals surface area contributed by atoms with Gasteiger partial charge in [0.1, 0.15) is 5.82 Å². The fourth-order valence-electron chi connectivity index (χ4n) is 3.84. The maximum Gasteiger partial charge on any atom is 0.157 e. The van der Waals surface area contributed by atoms with Crippen molar-refractivity contribution in [1.82, 2.24) is 4.90 Å². The number of carbonyl (C=O) groups excluding carboxylic acids is 1. The molecule has 2 aromatic rings. The van der Waals surface area contributed by atoms with Gasteiger partial charge in [-0.25, -0.2) is 4.39 Å². The summed E-state index contributed by atoms with van der Waals surface area (Å²) < 4.78 is 14.6. The summed E-state index contributed by atoms with van der Waals surface area (Å²) in [5.74, 6) is -0.0419. The molecule has 0 radical (unpaired) electrons. The first-order valence-electron chi connectivity index (χ1n) is 9.59. The molecule has 2 atom stereocenters. The van der Waals surface area contributed by atoms with Gasteiger partial charge >= 0.3 is 0 Å². The number of hydrogen-bond donors (Lipinski definition) is 1. The van der Waals surface area contributed by atoms with Crippen molar-refractivity contribution >= 4 is 24.5 Å². The van der Waals surface area contributed by atoms with Gasteiger partial charge in [0, 0.05) is 29.8 Å². The van der Waals surface area contributed by atoms with Gasteiger partial charge in [-0.2, -0.15) is 12.6 Å². The van der Waals surface area contributed by atoms with Crippen LogP contribution in [0.2, 0.25) is 0 Å². The molecule has 4 heteroatoms. The standard InChI is InChI=1S/C23H24FNOS/c24-20-9-5-4-8-19(20)22(23(26)17-10-11-17)25-13-12-21(27)18(15-25)14-16-6-2-1-3-7-16/h1-9,14,17,21-22,27H,10-13,15H2/b18-14+. The molecule has 140 valence electrons. The smallest absolute Gasteiger partial charge is 0.157 e. The van der Waals surface area contributed by atoms with Crippen molar-refractivity contribution in [2.45, 2.75) is 30.6 Å². The van der Waals surface area contributed by atoms with Crippen molar-refractivity contribution in [3.63, 3.8) is 0 Å². The highest BCUT2D eigenvalue weighted by Crippen LogP contribution is 2.39. The van der Waals surface area contributed by atoms with Crippen molar-refractivity contribution in [3.8, 4) is 0 Å². The maximum absolute atomic E-state index is 14.6. The molecule has 2 fully saturated rings. The van der Waals surface area contributed by atoms with Crippen LogP contribution in [0.5, 0.6) is 0 Å². The molecule has 0 N–H and O–H groups in total. The average molecular weight is 382 g/mol. The number of likely N-dealkylation sites (tertiary alicyclic amines) is 1. The molecule has 1 aliphatic heterocycles. The Morgan fingerprint density at radius 3 is 2.48 bits per heavy atom. The fraction of sp³-hybridized carbons (Fsp3) is 0.348. The van der Waals surface area contributed by atoms with E-state index < -0.39 is 6.04 Å². The molecular weight excluding hydrogens is 357 g/mol. The second-order valence-corrected chi connectivity index (χ2v) is 8.13. The minimum atomic E-state index is -0.501. The van der Waals surface area contributed by atoms with Gasteiger partial charge in [0.25, 0.3) is 0 Å². The van der Waals surface area contributed by atoms with Crippen LogP contribution in [0.1, 0.15) is 36.4 Å². The van der Waals surface area contributed by atoms with E-state index in [4.69, 9.17) is 12.6 Å². The second-order valence-electron chi connectivity index (χ2n) is 7.51. The van der Waals surface area contributed by atoms with E-state index in [1.165, 1.54) is 11.6 Å². The van der Waals surface area contributed by atoms with Gasteiger partial charge < -0.3 is 0 Å². The van der Waals surface area contributed by atoms with Crippen LogP contribution in [0.25, 0.3) is 6.08 Å². The van der Waals surface area contributed by atoms with E-state index in [0.717, 1.165) is 31.4 Å². The Bertz CT molecular complexity index is 846. The number of carbonyl (C=O) groups is 1. The first kappa shape index (κ1) is 18.5. The number of halogens is 1. The van der Waals surface area contributed by atoms with Crippen LogP contribution in [-0.4, -0.2) is 29.0 Å². The van der Waals surface area contributed by atoms with Crippen molar-refractivity contribution < 1.29 is 9.18 Å². The van der Waals surface area contributed by atoms with E-state index in [1.807, 2.05) is 24.3 Å². The fourth-order valence-corrected chi connectivity index (χ4v) is 4.11.